The second-order valence-electron chi connectivity index (χ2n) is 6.75. The number of ketones is 2. The molecule has 1 aliphatic carbocycles. The van der Waals surface area contributed by atoms with Gasteiger partial charge in [0.1, 0.15) is 11.5 Å². The van der Waals surface area contributed by atoms with E-state index >= 15 is 0 Å². The Balaban J connectivity index is 2.40. The van der Waals surface area contributed by atoms with Crippen LogP contribution in [0.25, 0.3) is 0 Å². The van der Waals surface area contributed by atoms with E-state index in [4.69, 9.17) is 9.47 Å². The van der Waals surface area contributed by atoms with Crippen molar-refractivity contribution in [2.24, 2.45) is 0 Å². The molecule has 0 amide bonds. The Hall–Kier alpha value is -2.44. The zero-order valence-corrected chi connectivity index (χ0v) is 16.1. The number of Topliss-reactive ketones (excluding diaryl/α,β-unsaturated/α-hetero) is 1. The van der Waals surface area contributed by atoms with Crippen molar-refractivity contribution in [1.29, 1.82) is 0 Å². The number of benzene rings is 1. The molecule has 6 nitrogen and oxygen atoms in total. The number of allylic oxidation sites excluding steroid dienone is 2. The molecule has 0 saturated carbocycles. The summed E-state index contributed by atoms with van der Waals surface area (Å²) < 4.78 is 11.2. The van der Waals surface area contributed by atoms with E-state index in [1.165, 1.54) is 18.2 Å². The predicted molar refractivity (Wildman–Crippen MR) is 101 cm³/mol. The van der Waals surface area contributed by atoms with Crippen molar-refractivity contribution in [3.05, 3.63) is 46.6 Å². The quantitative estimate of drug-likeness (QED) is 0.534. The van der Waals surface area contributed by atoms with E-state index in [0.29, 0.717) is 6.42 Å². The summed E-state index contributed by atoms with van der Waals surface area (Å²) in [6, 6.07) is 2.39. The average molecular weight is 374 g/mol. The Morgan fingerprint density at radius 2 is 1.78 bits per heavy atom. The molecule has 6 heteroatoms. The second kappa shape index (κ2) is 8.97. The van der Waals surface area contributed by atoms with Gasteiger partial charge in [-0.3, -0.25) is 9.59 Å². The first kappa shape index (κ1) is 20.9. The van der Waals surface area contributed by atoms with Gasteiger partial charge < -0.3 is 19.7 Å². The Bertz CT molecular complexity index is 782. The molecule has 146 valence electrons. The third-order valence-corrected chi connectivity index (χ3v) is 4.54. The predicted octanol–water partition coefficient (Wildman–Crippen LogP) is 3.57. The molecule has 0 aliphatic heterocycles. The molecule has 2 N–H and O–H groups in total. The Kier molecular flexibility index (Phi) is 6.93. The minimum Gasteiger partial charge on any atom is -0.507 e. The maximum absolute atomic E-state index is 13.0. The molecule has 27 heavy (non-hydrogen) atoms. The molecule has 2 rings (SSSR count). The molecule has 1 aromatic rings. The van der Waals surface area contributed by atoms with Gasteiger partial charge in [0, 0.05) is 12.7 Å². The van der Waals surface area contributed by atoms with Gasteiger partial charge in [0.2, 0.25) is 0 Å². The number of carbonyl (C=O) groups excluding carboxylic acids is 2. The van der Waals surface area contributed by atoms with E-state index in [1.54, 1.807) is 7.11 Å². The van der Waals surface area contributed by atoms with Crippen molar-refractivity contribution in [2.75, 3.05) is 13.7 Å². The van der Waals surface area contributed by atoms with Crippen molar-refractivity contribution >= 4 is 11.6 Å². The van der Waals surface area contributed by atoms with E-state index in [2.05, 4.69) is 0 Å². The standard InChI is InChI=1S/C21H26O6/c1-5-13(26-4)11-27-18(9-6-12(2)3)14-10-17(24)19-15(22)7-8-16(23)20(19)21(14)25/h6-8,10,13,18,22-23H,5,9,11H2,1-4H3/t13?,18-/m1/s1. The van der Waals surface area contributed by atoms with Gasteiger partial charge in [0.15, 0.2) is 11.6 Å². The van der Waals surface area contributed by atoms with Crippen LogP contribution in [-0.2, 0) is 9.47 Å². The summed E-state index contributed by atoms with van der Waals surface area (Å²) >= 11 is 0. The average Bonchev–Trinajstić information content (AvgIpc) is 2.63. The lowest BCUT2D eigenvalue weighted by atomic mass is 9.85. The molecule has 0 fully saturated rings. The number of rotatable bonds is 8. The number of phenols is 2. The van der Waals surface area contributed by atoms with Gasteiger partial charge in [0.25, 0.3) is 0 Å². The summed E-state index contributed by atoms with van der Waals surface area (Å²) in [5.41, 5.74) is 0.866. The fourth-order valence-corrected chi connectivity index (χ4v) is 2.93. The zero-order valence-electron chi connectivity index (χ0n) is 16.1. The molecule has 0 radical (unpaired) electrons. The first-order chi connectivity index (χ1) is 12.8. The number of phenolic OH excluding ortho intramolecular Hbond substituents is 2. The molecule has 2 atom stereocenters. The number of methoxy groups -OCH3 is 1. The van der Waals surface area contributed by atoms with Gasteiger partial charge in [0.05, 0.1) is 29.9 Å². The molecule has 0 heterocycles. The maximum atomic E-state index is 13.0. The highest BCUT2D eigenvalue weighted by molar-refractivity contribution is 6.27. The number of carbonyl (C=O) groups is 2. The number of aromatic hydroxyl groups is 2. The topological polar surface area (TPSA) is 93.1 Å². The third-order valence-electron chi connectivity index (χ3n) is 4.54. The summed E-state index contributed by atoms with van der Waals surface area (Å²) in [6.45, 7) is 6.10. The Morgan fingerprint density at radius 3 is 2.33 bits per heavy atom. The number of hydrogen-bond donors (Lipinski definition) is 2. The molecule has 1 aromatic carbocycles. The van der Waals surface area contributed by atoms with Crippen LogP contribution in [-0.4, -0.2) is 47.7 Å². The van der Waals surface area contributed by atoms with Crippen LogP contribution in [0, 0.1) is 0 Å². The SMILES string of the molecule is CCC(CO[C@H](CC=C(C)C)C1=CC(=O)c2c(O)ccc(O)c2C1=O)OC. The van der Waals surface area contributed by atoms with E-state index < -0.39 is 17.7 Å². The van der Waals surface area contributed by atoms with Crippen LogP contribution in [0.2, 0.25) is 0 Å². The van der Waals surface area contributed by atoms with Crippen LogP contribution < -0.4 is 0 Å². The summed E-state index contributed by atoms with van der Waals surface area (Å²) in [5, 5.41) is 20.0. The van der Waals surface area contributed by atoms with Crippen LogP contribution in [0.1, 0.15) is 54.3 Å². The monoisotopic (exact) mass is 374 g/mol. The van der Waals surface area contributed by atoms with E-state index in [0.717, 1.165) is 12.0 Å². The van der Waals surface area contributed by atoms with Crippen LogP contribution in [0.4, 0.5) is 0 Å². The van der Waals surface area contributed by atoms with Crippen LogP contribution >= 0.6 is 0 Å². The maximum Gasteiger partial charge on any atom is 0.196 e. The number of hydrogen-bond acceptors (Lipinski definition) is 6. The Labute approximate surface area is 159 Å². The molecule has 0 spiro atoms. The van der Waals surface area contributed by atoms with Crippen LogP contribution in [0.5, 0.6) is 11.5 Å². The van der Waals surface area contributed by atoms with Crippen molar-refractivity contribution in [1.82, 2.24) is 0 Å². The molecule has 0 bridgehead atoms. The van der Waals surface area contributed by atoms with Crippen molar-refractivity contribution in [2.45, 2.75) is 45.8 Å². The lowest BCUT2D eigenvalue weighted by Gasteiger charge is -2.25. The highest BCUT2D eigenvalue weighted by Crippen LogP contribution is 2.36. The fourth-order valence-electron chi connectivity index (χ4n) is 2.93. The van der Waals surface area contributed by atoms with Crippen molar-refractivity contribution in [3.8, 4) is 11.5 Å². The van der Waals surface area contributed by atoms with Crippen LogP contribution in [0.15, 0.2) is 35.4 Å². The first-order valence-corrected chi connectivity index (χ1v) is 8.93. The van der Waals surface area contributed by atoms with Gasteiger partial charge in [-0.05, 0) is 44.9 Å². The fraction of sp³-hybridized carbons (Fsp3) is 0.429. The molecule has 0 aromatic heterocycles. The normalized spacial score (nSPS) is 15.8. The highest BCUT2D eigenvalue weighted by Gasteiger charge is 2.34. The molecular weight excluding hydrogens is 348 g/mol. The zero-order chi connectivity index (χ0) is 20.1. The van der Waals surface area contributed by atoms with E-state index in [1.807, 2.05) is 26.8 Å². The van der Waals surface area contributed by atoms with Crippen molar-refractivity contribution < 1.29 is 29.3 Å². The molecular formula is C21H26O6. The van der Waals surface area contributed by atoms with Gasteiger partial charge in [-0.25, -0.2) is 0 Å². The minimum absolute atomic E-state index is 0.126. The minimum atomic E-state index is -0.657. The second-order valence-corrected chi connectivity index (χ2v) is 6.75. The molecule has 0 saturated heterocycles. The van der Waals surface area contributed by atoms with Gasteiger partial charge in [-0.2, -0.15) is 0 Å². The van der Waals surface area contributed by atoms with E-state index in [-0.39, 0.29) is 40.9 Å². The van der Waals surface area contributed by atoms with Gasteiger partial charge in [-0.15, -0.1) is 0 Å². The lowest BCUT2D eigenvalue weighted by molar-refractivity contribution is -0.0158. The highest BCUT2D eigenvalue weighted by atomic mass is 16.5. The summed E-state index contributed by atoms with van der Waals surface area (Å²) in [4.78, 5) is 25.5. The lowest BCUT2D eigenvalue weighted by Crippen LogP contribution is -2.30. The molecule has 1 aliphatic rings. The Morgan fingerprint density at radius 1 is 1.15 bits per heavy atom. The van der Waals surface area contributed by atoms with Crippen LogP contribution in [0.3, 0.4) is 0 Å². The number of fused-ring (bicyclic) bond motifs is 1. The molecule has 1 unspecified atom stereocenters. The largest absolute Gasteiger partial charge is 0.507 e. The van der Waals surface area contributed by atoms with Crippen molar-refractivity contribution in [3.63, 3.8) is 0 Å². The third kappa shape index (κ3) is 4.64. The smallest absolute Gasteiger partial charge is 0.196 e. The summed E-state index contributed by atoms with van der Waals surface area (Å²) in [7, 11) is 1.59. The van der Waals surface area contributed by atoms with E-state index in [9.17, 15) is 19.8 Å². The summed E-state index contributed by atoms with van der Waals surface area (Å²) in [6.07, 6.45) is 3.49. The summed E-state index contributed by atoms with van der Waals surface area (Å²) in [5.74, 6) is -1.71. The van der Waals surface area contributed by atoms with Gasteiger partial charge in [-0.1, -0.05) is 18.6 Å². The first-order valence-electron chi connectivity index (χ1n) is 8.93. The number of ether oxygens (including phenoxy) is 2. The van der Waals surface area contributed by atoms with Gasteiger partial charge >= 0.3 is 0 Å².